The lowest BCUT2D eigenvalue weighted by molar-refractivity contribution is 0.0951. The molecule has 3 heterocycles. The Morgan fingerprint density at radius 1 is 1.23 bits per heavy atom. The van der Waals surface area contributed by atoms with E-state index in [9.17, 15) is 4.79 Å². The first-order valence-corrected chi connectivity index (χ1v) is 11.5. The third-order valence-electron chi connectivity index (χ3n) is 5.30. The molecule has 7 heteroatoms. The number of fused-ring (bicyclic) bond motifs is 1. The first kappa shape index (κ1) is 19.8. The number of hydrogen-bond donors (Lipinski definition) is 2. The molecule has 2 N–H and O–H groups in total. The summed E-state index contributed by atoms with van der Waals surface area (Å²) in [5.41, 5.74) is 4.37. The third kappa shape index (κ3) is 4.18. The van der Waals surface area contributed by atoms with Crippen LogP contribution >= 0.6 is 11.3 Å². The fourth-order valence-electron chi connectivity index (χ4n) is 3.45. The van der Waals surface area contributed by atoms with Crippen molar-refractivity contribution in [1.29, 1.82) is 0 Å². The highest BCUT2D eigenvalue weighted by Gasteiger charge is 2.23. The van der Waals surface area contributed by atoms with E-state index < -0.39 is 0 Å². The zero-order valence-corrected chi connectivity index (χ0v) is 18.4. The SMILES string of the molecule is CC(C)CNc1nc(-c2cccs2)cn2c(-c3ccc(C(=O)NC4CC4)cc3)cnc12. The lowest BCUT2D eigenvalue weighted by Gasteiger charge is -2.12. The molecule has 158 valence electrons. The molecule has 0 unspecified atom stereocenters. The number of nitrogens with one attached hydrogen (secondary N) is 2. The molecule has 3 aromatic heterocycles. The summed E-state index contributed by atoms with van der Waals surface area (Å²) in [7, 11) is 0. The summed E-state index contributed by atoms with van der Waals surface area (Å²) in [5.74, 6) is 1.28. The third-order valence-corrected chi connectivity index (χ3v) is 6.19. The van der Waals surface area contributed by atoms with Crippen LogP contribution in [0.1, 0.15) is 37.0 Å². The number of amides is 1. The Kier molecular flexibility index (Phi) is 5.19. The van der Waals surface area contributed by atoms with Crippen molar-refractivity contribution in [2.45, 2.75) is 32.7 Å². The summed E-state index contributed by atoms with van der Waals surface area (Å²) in [5, 5.41) is 8.55. The minimum absolute atomic E-state index is 0.00320. The molecule has 6 nitrogen and oxygen atoms in total. The summed E-state index contributed by atoms with van der Waals surface area (Å²) in [6, 6.07) is 12.2. The van der Waals surface area contributed by atoms with Crippen LogP contribution in [0.25, 0.3) is 27.5 Å². The van der Waals surface area contributed by atoms with Crippen molar-refractivity contribution >= 4 is 28.7 Å². The smallest absolute Gasteiger partial charge is 0.251 e. The van der Waals surface area contributed by atoms with E-state index in [-0.39, 0.29) is 5.91 Å². The van der Waals surface area contributed by atoms with Gasteiger partial charge in [0.1, 0.15) is 0 Å². The van der Waals surface area contributed by atoms with Crippen molar-refractivity contribution in [2.75, 3.05) is 11.9 Å². The number of thiophene rings is 1. The quantitative estimate of drug-likeness (QED) is 0.428. The van der Waals surface area contributed by atoms with Crippen LogP contribution in [0.5, 0.6) is 0 Å². The van der Waals surface area contributed by atoms with Crippen molar-refractivity contribution in [3.63, 3.8) is 0 Å². The van der Waals surface area contributed by atoms with Gasteiger partial charge >= 0.3 is 0 Å². The highest BCUT2D eigenvalue weighted by molar-refractivity contribution is 7.13. The normalized spacial score (nSPS) is 13.6. The maximum absolute atomic E-state index is 12.3. The van der Waals surface area contributed by atoms with Crippen molar-refractivity contribution in [1.82, 2.24) is 19.7 Å². The topological polar surface area (TPSA) is 71.3 Å². The largest absolute Gasteiger partial charge is 0.367 e. The molecule has 0 saturated heterocycles. The summed E-state index contributed by atoms with van der Waals surface area (Å²) in [6.07, 6.45) is 6.08. The number of nitrogens with zero attached hydrogens (tertiary/aromatic N) is 3. The molecule has 0 bridgehead atoms. The van der Waals surface area contributed by atoms with Gasteiger partial charge < -0.3 is 10.6 Å². The van der Waals surface area contributed by atoms with Crippen molar-refractivity contribution in [2.24, 2.45) is 5.92 Å². The number of benzene rings is 1. The average Bonchev–Trinajstić information content (AvgIpc) is 3.25. The summed E-state index contributed by atoms with van der Waals surface area (Å²) < 4.78 is 2.09. The standard InChI is InChI=1S/C24H25N5OS/c1-15(2)12-25-22-23-26-13-20(29(23)14-19(28-22)21-4-3-11-31-21)16-5-7-17(8-6-16)24(30)27-18-9-10-18/h3-8,11,13-15,18H,9-10,12H2,1-2H3,(H,25,28)(H,27,30). The fourth-order valence-corrected chi connectivity index (χ4v) is 4.13. The molecule has 1 aliphatic carbocycles. The molecule has 31 heavy (non-hydrogen) atoms. The molecule has 1 saturated carbocycles. The van der Waals surface area contributed by atoms with Gasteiger partial charge in [0.25, 0.3) is 5.91 Å². The van der Waals surface area contributed by atoms with Gasteiger partial charge in [-0.3, -0.25) is 9.20 Å². The van der Waals surface area contributed by atoms with Crippen LogP contribution in [0.4, 0.5) is 5.82 Å². The summed E-state index contributed by atoms with van der Waals surface area (Å²) >= 11 is 1.67. The van der Waals surface area contributed by atoms with Crippen LogP contribution in [-0.2, 0) is 0 Å². The molecule has 0 spiro atoms. The molecule has 0 aliphatic heterocycles. The van der Waals surface area contributed by atoms with E-state index in [1.54, 1.807) is 11.3 Å². The van der Waals surface area contributed by atoms with Gasteiger partial charge in [-0.15, -0.1) is 11.3 Å². The number of rotatable bonds is 7. The molecule has 0 radical (unpaired) electrons. The number of aromatic nitrogens is 3. The van der Waals surface area contributed by atoms with E-state index in [1.807, 2.05) is 42.7 Å². The Hall–Kier alpha value is -3.19. The van der Waals surface area contributed by atoms with Gasteiger partial charge in [0, 0.05) is 29.9 Å². The van der Waals surface area contributed by atoms with Gasteiger partial charge in [0.2, 0.25) is 0 Å². The van der Waals surface area contributed by atoms with Gasteiger partial charge in [0.15, 0.2) is 11.5 Å². The predicted octanol–water partition coefficient (Wildman–Crippen LogP) is 5.08. The van der Waals surface area contributed by atoms with Gasteiger partial charge in [-0.25, -0.2) is 9.97 Å². The van der Waals surface area contributed by atoms with Crippen LogP contribution < -0.4 is 10.6 Å². The van der Waals surface area contributed by atoms with Crippen LogP contribution in [0.15, 0.2) is 54.2 Å². The summed E-state index contributed by atoms with van der Waals surface area (Å²) in [4.78, 5) is 22.9. The molecular formula is C24H25N5OS. The van der Waals surface area contributed by atoms with E-state index in [0.717, 1.165) is 52.7 Å². The second kappa shape index (κ2) is 8.15. The molecule has 4 aromatic rings. The van der Waals surface area contributed by atoms with E-state index in [2.05, 4.69) is 45.3 Å². The number of carbonyl (C=O) groups excluding carboxylic acids is 1. The van der Waals surface area contributed by atoms with Crippen molar-refractivity contribution < 1.29 is 4.79 Å². The lowest BCUT2D eigenvalue weighted by Crippen LogP contribution is -2.25. The van der Waals surface area contributed by atoms with Crippen LogP contribution in [0.2, 0.25) is 0 Å². The molecule has 1 aliphatic rings. The Balaban J connectivity index is 1.53. The maximum atomic E-state index is 12.3. The number of imidazole rings is 1. The first-order chi connectivity index (χ1) is 15.1. The highest BCUT2D eigenvalue weighted by Crippen LogP contribution is 2.30. The Labute approximate surface area is 185 Å². The Morgan fingerprint density at radius 2 is 2.03 bits per heavy atom. The second-order valence-corrected chi connectivity index (χ2v) is 9.34. The van der Waals surface area contributed by atoms with Gasteiger partial charge in [-0.05, 0) is 42.3 Å². The zero-order valence-electron chi connectivity index (χ0n) is 17.6. The van der Waals surface area contributed by atoms with Crippen LogP contribution in [-0.4, -0.2) is 32.9 Å². The number of anilines is 1. The molecule has 1 fully saturated rings. The number of hydrogen-bond acceptors (Lipinski definition) is 5. The van der Waals surface area contributed by atoms with E-state index in [1.165, 1.54) is 0 Å². The lowest BCUT2D eigenvalue weighted by atomic mass is 10.1. The minimum atomic E-state index is -0.00320. The first-order valence-electron chi connectivity index (χ1n) is 10.7. The van der Waals surface area contributed by atoms with Crippen molar-refractivity contribution in [3.05, 3.63) is 59.7 Å². The van der Waals surface area contributed by atoms with Gasteiger partial charge in [-0.1, -0.05) is 32.0 Å². The Morgan fingerprint density at radius 3 is 2.71 bits per heavy atom. The van der Waals surface area contributed by atoms with Gasteiger partial charge in [0.05, 0.1) is 22.5 Å². The fraction of sp³-hybridized carbons (Fsp3) is 0.292. The molecule has 1 amide bonds. The zero-order chi connectivity index (χ0) is 21.4. The predicted molar refractivity (Wildman–Crippen MR) is 126 cm³/mol. The molecule has 5 rings (SSSR count). The van der Waals surface area contributed by atoms with E-state index in [0.29, 0.717) is 17.5 Å². The van der Waals surface area contributed by atoms with Crippen molar-refractivity contribution in [3.8, 4) is 21.8 Å². The number of carbonyl (C=O) groups is 1. The molecule has 0 atom stereocenters. The van der Waals surface area contributed by atoms with Crippen LogP contribution in [0, 0.1) is 5.92 Å². The van der Waals surface area contributed by atoms with Crippen LogP contribution in [0.3, 0.4) is 0 Å². The van der Waals surface area contributed by atoms with Gasteiger partial charge in [-0.2, -0.15) is 0 Å². The maximum Gasteiger partial charge on any atom is 0.251 e. The highest BCUT2D eigenvalue weighted by atomic mass is 32.1. The molecule has 1 aromatic carbocycles. The Bertz CT molecular complexity index is 1210. The monoisotopic (exact) mass is 431 g/mol. The van der Waals surface area contributed by atoms with E-state index >= 15 is 0 Å². The minimum Gasteiger partial charge on any atom is -0.367 e. The average molecular weight is 432 g/mol. The molecular weight excluding hydrogens is 406 g/mol. The summed E-state index contributed by atoms with van der Waals surface area (Å²) in [6.45, 7) is 5.17. The second-order valence-electron chi connectivity index (χ2n) is 8.39. The van der Waals surface area contributed by atoms with E-state index in [4.69, 9.17) is 4.98 Å².